The maximum absolute atomic E-state index is 12.4. The van der Waals surface area contributed by atoms with E-state index >= 15 is 0 Å². The molecule has 0 aromatic heterocycles. The van der Waals surface area contributed by atoms with Gasteiger partial charge in [-0.05, 0) is 23.6 Å². The van der Waals surface area contributed by atoms with E-state index in [2.05, 4.69) is 4.72 Å². The molecule has 0 radical (unpaired) electrons. The molecule has 0 bridgehead atoms. The molecule has 0 heterocycles. The molecule has 114 valence electrons. The molecule has 0 aliphatic carbocycles. The number of nitrogens with one attached hydrogen (secondary N) is 1. The molecule has 0 aliphatic rings. The molecule has 5 nitrogen and oxygen atoms in total. The zero-order valence-corrected chi connectivity index (χ0v) is 13.5. The first-order chi connectivity index (χ1) is 9.31. The molecule has 1 aromatic carbocycles. The van der Waals surface area contributed by atoms with Crippen molar-refractivity contribution in [2.24, 2.45) is 11.7 Å². The van der Waals surface area contributed by atoms with Crippen LogP contribution in [0.3, 0.4) is 0 Å². The van der Waals surface area contributed by atoms with Gasteiger partial charge in [-0.1, -0.05) is 31.5 Å². The summed E-state index contributed by atoms with van der Waals surface area (Å²) in [5, 5.41) is 0.176. The van der Waals surface area contributed by atoms with Crippen molar-refractivity contribution >= 4 is 21.6 Å². The average Bonchev–Trinajstić information content (AvgIpc) is 2.38. The van der Waals surface area contributed by atoms with E-state index in [0.717, 1.165) is 0 Å². The molecule has 20 heavy (non-hydrogen) atoms. The largest absolute Gasteiger partial charge is 0.383 e. The van der Waals surface area contributed by atoms with Gasteiger partial charge < -0.3 is 10.5 Å². The quantitative estimate of drug-likeness (QED) is 0.802. The molecule has 7 heteroatoms. The van der Waals surface area contributed by atoms with Crippen LogP contribution in [0.5, 0.6) is 0 Å². The van der Waals surface area contributed by atoms with Crippen LogP contribution in [0.25, 0.3) is 0 Å². The number of hydrogen-bond donors (Lipinski definition) is 2. The van der Waals surface area contributed by atoms with Gasteiger partial charge in [0.15, 0.2) is 0 Å². The SMILES string of the molecule is COCC(NS(=O)(=O)c1cc(CN)ccc1Cl)C(C)C. The lowest BCUT2D eigenvalue weighted by atomic mass is 10.1. The van der Waals surface area contributed by atoms with Crippen molar-refractivity contribution < 1.29 is 13.2 Å². The van der Waals surface area contributed by atoms with Crippen LogP contribution in [-0.4, -0.2) is 28.2 Å². The van der Waals surface area contributed by atoms with Gasteiger partial charge >= 0.3 is 0 Å². The standard InChI is InChI=1S/C13H21ClN2O3S/c1-9(2)12(8-19-3)16-20(17,18)13-6-10(7-15)4-5-11(13)14/h4-6,9,12,16H,7-8,15H2,1-3H3. The van der Waals surface area contributed by atoms with Crippen LogP contribution in [-0.2, 0) is 21.3 Å². The predicted molar refractivity (Wildman–Crippen MR) is 80.2 cm³/mol. The third-order valence-corrected chi connectivity index (χ3v) is 4.95. The summed E-state index contributed by atoms with van der Waals surface area (Å²) >= 11 is 5.99. The summed E-state index contributed by atoms with van der Waals surface area (Å²) < 4.78 is 32.5. The van der Waals surface area contributed by atoms with Crippen molar-refractivity contribution in [3.8, 4) is 0 Å². The fourth-order valence-corrected chi connectivity index (χ4v) is 3.60. The van der Waals surface area contributed by atoms with Gasteiger partial charge in [-0.2, -0.15) is 0 Å². The van der Waals surface area contributed by atoms with Gasteiger partial charge in [0.2, 0.25) is 10.0 Å². The summed E-state index contributed by atoms with van der Waals surface area (Å²) in [5.74, 6) is 0.0983. The van der Waals surface area contributed by atoms with Crippen molar-refractivity contribution in [1.82, 2.24) is 4.72 Å². The molecule has 3 N–H and O–H groups in total. The van der Waals surface area contributed by atoms with Crippen LogP contribution in [0.1, 0.15) is 19.4 Å². The van der Waals surface area contributed by atoms with E-state index < -0.39 is 10.0 Å². The lowest BCUT2D eigenvalue weighted by Gasteiger charge is -2.22. The van der Waals surface area contributed by atoms with Gasteiger partial charge in [-0.3, -0.25) is 0 Å². The molecule has 1 unspecified atom stereocenters. The molecule has 0 aliphatic heterocycles. The van der Waals surface area contributed by atoms with Crippen molar-refractivity contribution in [1.29, 1.82) is 0 Å². The highest BCUT2D eigenvalue weighted by molar-refractivity contribution is 7.89. The Bertz CT molecular complexity index is 547. The second-order valence-electron chi connectivity index (χ2n) is 4.90. The van der Waals surface area contributed by atoms with E-state index in [-0.39, 0.29) is 28.4 Å². The van der Waals surface area contributed by atoms with Gasteiger partial charge in [0.25, 0.3) is 0 Å². The van der Waals surface area contributed by atoms with Gasteiger partial charge in [-0.15, -0.1) is 0 Å². The fraction of sp³-hybridized carbons (Fsp3) is 0.538. The highest BCUT2D eigenvalue weighted by atomic mass is 35.5. The lowest BCUT2D eigenvalue weighted by Crippen LogP contribution is -2.41. The molecule has 0 amide bonds. The van der Waals surface area contributed by atoms with E-state index in [1.807, 2.05) is 13.8 Å². The van der Waals surface area contributed by atoms with Crippen molar-refractivity contribution in [2.45, 2.75) is 31.3 Å². The second kappa shape index (κ2) is 7.38. The molecular weight excluding hydrogens is 300 g/mol. The summed E-state index contributed by atoms with van der Waals surface area (Å²) in [7, 11) is -2.17. The van der Waals surface area contributed by atoms with E-state index in [0.29, 0.717) is 12.2 Å². The first-order valence-electron chi connectivity index (χ1n) is 6.31. The van der Waals surface area contributed by atoms with E-state index in [4.69, 9.17) is 22.1 Å². The Morgan fingerprint density at radius 2 is 2.05 bits per heavy atom. The molecule has 0 saturated heterocycles. The third-order valence-electron chi connectivity index (χ3n) is 2.98. The zero-order valence-electron chi connectivity index (χ0n) is 11.9. The topological polar surface area (TPSA) is 81.4 Å². The van der Waals surface area contributed by atoms with Gasteiger partial charge in [0, 0.05) is 19.7 Å². The molecule has 1 aromatic rings. The number of ether oxygens (including phenoxy) is 1. The highest BCUT2D eigenvalue weighted by Crippen LogP contribution is 2.23. The van der Waals surface area contributed by atoms with Gasteiger partial charge in [0.1, 0.15) is 4.90 Å². The van der Waals surface area contributed by atoms with Crippen LogP contribution in [0.4, 0.5) is 0 Å². The van der Waals surface area contributed by atoms with Crippen molar-refractivity contribution in [2.75, 3.05) is 13.7 Å². The van der Waals surface area contributed by atoms with Gasteiger partial charge in [0.05, 0.1) is 11.6 Å². The summed E-state index contributed by atoms with van der Waals surface area (Å²) in [6, 6.07) is 4.42. The second-order valence-corrected chi connectivity index (χ2v) is 6.99. The Balaban J connectivity index is 3.09. The normalized spacial score (nSPS) is 13.7. The summed E-state index contributed by atoms with van der Waals surface area (Å²) in [5.41, 5.74) is 6.24. The molecular formula is C13H21ClN2O3S. The number of sulfonamides is 1. The van der Waals surface area contributed by atoms with Crippen LogP contribution in [0, 0.1) is 5.92 Å². The Labute approximate surface area is 125 Å². The first-order valence-corrected chi connectivity index (χ1v) is 8.17. The number of methoxy groups -OCH3 is 1. The predicted octanol–water partition coefficient (Wildman–Crippen LogP) is 1.75. The Kier molecular flexibility index (Phi) is 6.42. The maximum Gasteiger partial charge on any atom is 0.242 e. The van der Waals surface area contributed by atoms with E-state index in [9.17, 15) is 8.42 Å². The van der Waals surface area contributed by atoms with Crippen molar-refractivity contribution in [3.63, 3.8) is 0 Å². The maximum atomic E-state index is 12.4. The monoisotopic (exact) mass is 320 g/mol. The Hall–Kier alpha value is -0.660. The zero-order chi connectivity index (χ0) is 15.3. The van der Waals surface area contributed by atoms with Crippen molar-refractivity contribution in [3.05, 3.63) is 28.8 Å². The minimum Gasteiger partial charge on any atom is -0.383 e. The van der Waals surface area contributed by atoms with Crippen LogP contribution in [0.15, 0.2) is 23.1 Å². The third kappa shape index (κ3) is 4.43. The number of rotatable bonds is 7. The highest BCUT2D eigenvalue weighted by Gasteiger charge is 2.24. The van der Waals surface area contributed by atoms with Crippen LogP contribution in [0.2, 0.25) is 5.02 Å². The Morgan fingerprint density at radius 1 is 1.40 bits per heavy atom. The van der Waals surface area contributed by atoms with E-state index in [1.54, 1.807) is 12.1 Å². The molecule has 1 rings (SSSR count). The molecule has 1 atom stereocenters. The minimum absolute atomic E-state index is 0.0452. The number of nitrogens with two attached hydrogens (primary N) is 1. The molecule has 0 fully saturated rings. The molecule has 0 spiro atoms. The number of hydrogen-bond acceptors (Lipinski definition) is 4. The van der Waals surface area contributed by atoms with Crippen LogP contribution < -0.4 is 10.5 Å². The molecule has 0 saturated carbocycles. The smallest absolute Gasteiger partial charge is 0.242 e. The average molecular weight is 321 g/mol. The number of halogens is 1. The number of benzene rings is 1. The van der Waals surface area contributed by atoms with E-state index in [1.165, 1.54) is 13.2 Å². The Morgan fingerprint density at radius 3 is 2.55 bits per heavy atom. The summed E-state index contributed by atoms with van der Waals surface area (Å²) in [6.45, 7) is 4.39. The first kappa shape index (κ1) is 17.4. The summed E-state index contributed by atoms with van der Waals surface area (Å²) in [6.07, 6.45) is 0. The lowest BCUT2D eigenvalue weighted by molar-refractivity contribution is 0.157. The van der Waals surface area contributed by atoms with Gasteiger partial charge in [-0.25, -0.2) is 13.1 Å². The fourth-order valence-electron chi connectivity index (χ4n) is 1.69. The van der Waals surface area contributed by atoms with Crippen LogP contribution >= 0.6 is 11.6 Å². The summed E-state index contributed by atoms with van der Waals surface area (Å²) in [4.78, 5) is 0.0452. The minimum atomic E-state index is -3.71.